The van der Waals surface area contributed by atoms with E-state index in [0.29, 0.717) is 6.29 Å². The number of halogens is 2. The second kappa shape index (κ2) is 4.04. The minimum Gasteiger partial charge on any atom is -0.504 e. The van der Waals surface area contributed by atoms with Gasteiger partial charge in [-0.1, -0.05) is 0 Å². The van der Waals surface area contributed by atoms with E-state index in [-0.39, 0.29) is 16.9 Å². The lowest BCUT2D eigenvalue weighted by Gasteiger charge is -2.09. The number of alkyl halides is 2. The van der Waals surface area contributed by atoms with Crippen LogP contribution >= 0.6 is 0 Å². The van der Waals surface area contributed by atoms with Crippen LogP contribution in [0.25, 0.3) is 0 Å². The van der Waals surface area contributed by atoms with E-state index in [0.717, 1.165) is 6.07 Å². The van der Waals surface area contributed by atoms with Crippen LogP contribution in [0, 0.1) is 6.92 Å². The molecule has 0 amide bonds. The van der Waals surface area contributed by atoms with Crippen molar-refractivity contribution in [3.05, 3.63) is 23.3 Å². The highest BCUT2D eigenvalue weighted by molar-refractivity contribution is 5.79. The first-order valence-electron chi connectivity index (χ1n) is 3.78. The number of phenolic OH excluding ortho intramolecular Hbond substituents is 1. The topological polar surface area (TPSA) is 46.5 Å². The van der Waals surface area contributed by atoms with E-state index in [1.807, 2.05) is 0 Å². The van der Waals surface area contributed by atoms with Gasteiger partial charge in [-0.25, -0.2) is 0 Å². The van der Waals surface area contributed by atoms with Crippen LogP contribution in [0.15, 0.2) is 12.1 Å². The van der Waals surface area contributed by atoms with Crippen molar-refractivity contribution in [1.29, 1.82) is 0 Å². The molecular formula is C9H8F2O3. The van der Waals surface area contributed by atoms with Gasteiger partial charge in [0.15, 0.2) is 11.5 Å². The number of aldehydes is 1. The summed E-state index contributed by atoms with van der Waals surface area (Å²) in [4.78, 5) is 10.4. The minimum absolute atomic E-state index is 0.221. The van der Waals surface area contributed by atoms with E-state index in [1.165, 1.54) is 13.0 Å². The number of phenols is 1. The molecule has 1 rings (SSSR count). The molecule has 0 bridgehead atoms. The smallest absolute Gasteiger partial charge is 0.387 e. The van der Waals surface area contributed by atoms with Gasteiger partial charge in [-0.15, -0.1) is 0 Å². The Labute approximate surface area is 78.9 Å². The predicted octanol–water partition coefficient (Wildman–Crippen LogP) is 2.11. The maximum atomic E-state index is 11.8. The van der Waals surface area contributed by atoms with Gasteiger partial charge in [-0.05, 0) is 19.1 Å². The number of aromatic hydroxyl groups is 1. The summed E-state index contributed by atoms with van der Waals surface area (Å²) in [5.41, 5.74) is 0.460. The van der Waals surface area contributed by atoms with Gasteiger partial charge in [0.2, 0.25) is 0 Å². The van der Waals surface area contributed by atoms with Crippen molar-refractivity contribution in [2.45, 2.75) is 13.5 Å². The van der Waals surface area contributed by atoms with Crippen LogP contribution in [0.5, 0.6) is 11.5 Å². The number of rotatable bonds is 3. The average molecular weight is 202 g/mol. The molecule has 0 heterocycles. The number of benzene rings is 1. The first kappa shape index (κ1) is 10.4. The molecule has 0 saturated carbocycles. The summed E-state index contributed by atoms with van der Waals surface area (Å²) in [6.07, 6.45) is 0.529. The largest absolute Gasteiger partial charge is 0.504 e. The van der Waals surface area contributed by atoms with Crippen molar-refractivity contribution < 1.29 is 23.4 Å². The average Bonchev–Trinajstić information content (AvgIpc) is 2.13. The van der Waals surface area contributed by atoms with Gasteiger partial charge in [0.05, 0.1) is 0 Å². The fourth-order valence-corrected chi connectivity index (χ4v) is 1.01. The normalized spacial score (nSPS) is 10.3. The summed E-state index contributed by atoms with van der Waals surface area (Å²) < 4.78 is 27.6. The zero-order chi connectivity index (χ0) is 10.7. The third kappa shape index (κ3) is 1.99. The third-order valence-electron chi connectivity index (χ3n) is 1.78. The van der Waals surface area contributed by atoms with Gasteiger partial charge < -0.3 is 9.84 Å². The Morgan fingerprint density at radius 1 is 1.50 bits per heavy atom. The molecule has 14 heavy (non-hydrogen) atoms. The second-order valence-corrected chi connectivity index (χ2v) is 2.62. The van der Waals surface area contributed by atoms with Crippen molar-refractivity contribution in [1.82, 2.24) is 0 Å². The summed E-state index contributed by atoms with van der Waals surface area (Å²) in [5, 5.41) is 9.34. The van der Waals surface area contributed by atoms with Crippen LogP contribution < -0.4 is 4.74 Å². The fraction of sp³-hybridized carbons (Fsp3) is 0.222. The molecule has 1 aromatic carbocycles. The molecule has 0 unspecified atom stereocenters. The standard InChI is InChI=1S/C9H8F2O3/c1-5-6(4-12)2-3-7(8(5)13)14-9(10)11/h2-4,9,13H,1H3. The lowest BCUT2D eigenvalue weighted by molar-refractivity contribution is -0.0512. The van der Waals surface area contributed by atoms with Crippen LogP contribution in [-0.4, -0.2) is 18.0 Å². The summed E-state index contributed by atoms with van der Waals surface area (Å²) in [6, 6.07) is 2.43. The number of hydrogen-bond acceptors (Lipinski definition) is 3. The second-order valence-electron chi connectivity index (χ2n) is 2.62. The molecule has 0 spiro atoms. The Bertz CT molecular complexity index is 350. The van der Waals surface area contributed by atoms with Crippen LogP contribution in [0.1, 0.15) is 15.9 Å². The SMILES string of the molecule is Cc1c(C=O)ccc(OC(F)F)c1O. The molecule has 1 aromatic rings. The molecule has 76 valence electrons. The summed E-state index contributed by atoms with van der Waals surface area (Å²) >= 11 is 0. The quantitative estimate of drug-likeness (QED) is 0.763. The Balaban J connectivity index is 3.10. The van der Waals surface area contributed by atoms with E-state index < -0.39 is 12.4 Å². The van der Waals surface area contributed by atoms with Gasteiger partial charge in [0, 0.05) is 11.1 Å². The zero-order valence-corrected chi connectivity index (χ0v) is 7.33. The summed E-state index contributed by atoms with van der Waals surface area (Å²) in [6.45, 7) is -1.56. The van der Waals surface area contributed by atoms with Crippen LogP contribution in [0.4, 0.5) is 8.78 Å². The zero-order valence-electron chi connectivity index (χ0n) is 7.33. The van der Waals surface area contributed by atoms with Crippen molar-refractivity contribution in [2.24, 2.45) is 0 Å². The molecule has 0 fully saturated rings. The lowest BCUT2D eigenvalue weighted by atomic mass is 10.1. The predicted molar refractivity (Wildman–Crippen MR) is 44.9 cm³/mol. The maximum Gasteiger partial charge on any atom is 0.387 e. The highest BCUT2D eigenvalue weighted by Gasteiger charge is 2.12. The highest BCUT2D eigenvalue weighted by Crippen LogP contribution is 2.32. The Hall–Kier alpha value is -1.65. The maximum absolute atomic E-state index is 11.8. The Morgan fingerprint density at radius 3 is 2.64 bits per heavy atom. The van der Waals surface area contributed by atoms with E-state index >= 15 is 0 Å². The van der Waals surface area contributed by atoms with E-state index in [1.54, 1.807) is 0 Å². The van der Waals surface area contributed by atoms with Gasteiger partial charge >= 0.3 is 6.61 Å². The van der Waals surface area contributed by atoms with Gasteiger partial charge in [0.25, 0.3) is 0 Å². The highest BCUT2D eigenvalue weighted by atomic mass is 19.3. The minimum atomic E-state index is -3.00. The first-order valence-corrected chi connectivity index (χ1v) is 3.78. The van der Waals surface area contributed by atoms with Crippen LogP contribution in [0.3, 0.4) is 0 Å². The van der Waals surface area contributed by atoms with Gasteiger partial charge in [0.1, 0.15) is 6.29 Å². The molecule has 0 saturated heterocycles. The molecule has 0 aliphatic rings. The third-order valence-corrected chi connectivity index (χ3v) is 1.78. The van der Waals surface area contributed by atoms with Gasteiger partial charge in [-0.3, -0.25) is 4.79 Å². The molecule has 1 N–H and O–H groups in total. The van der Waals surface area contributed by atoms with Gasteiger partial charge in [-0.2, -0.15) is 8.78 Å². The molecule has 0 radical (unpaired) electrons. The lowest BCUT2D eigenvalue weighted by Crippen LogP contribution is -2.03. The summed E-state index contributed by atoms with van der Waals surface area (Å²) in [5.74, 6) is -0.766. The number of carbonyl (C=O) groups is 1. The monoisotopic (exact) mass is 202 g/mol. The summed E-state index contributed by atoms with van der Waals surface area (Å²) in [7, 11) is 0. The molecular weight excluding hydrogens is 194 g/mol. The number of ether oxygens (including phenoxy) is 1. The number of hydrogen-bond donors (Lipinski definition) is 1. The Morgan fingerprint density at radius 2 is 2.14 bits per heavy atom. The van der Waals surface area contributed by atoms with Crippen molar-refractivity contribution >= 4 is 6.29 Å². The van der Waals surface area contributed by atoms with Crippen molar-refractivity contribution in [3.63, 3.8) is 0 Å². The van der Waals surface area contributed by atoms with Crippen molar-refractivity contribution in [3.8, 4) is 11.5 Å². The molecule has 3 nitrogen and oxygen atoms in total. The van der Waals surface area contributed by atoms with Crippen LogP contribution in [0.2, 0.25) is 0 Å². The Kier molecular flexibility index (Phi) is 3.01. The molecule has 0 aliphatic carbocycles. The van der Waals surface area contributed by atoms with E-state index in [9.17, 15) is 18.7 Å². The number of carbonyl (C=O) groups excluding carboxylic acids is 1. The van der Waals surface area contributed by atoms with Crippen LogP contribution in [-0.2, 0) is 0 Å². The van der Waals surface area contributed by atoms with E-state index in [2.05, 4.69) is 4.74 Å². The molecule has 0 atom stereocenters. The fourth-order valence-electron chi connectivity index (χ4n) is 1.01. The molecule has 0 aliphatic heterocycles. The molecule has 5 heteroatoms. The van der Waals surface area contributed by atoms with E-state index in [4.69, 9.17) is 0 Å². The first-order chi connectivity index (χ1) is 6.56. The van der Waals surface area contributed by atoms with Crippen molar-refractivity contribution in [2.75, 3.05) is 0 Å². The molecule has 0 aromatic heterocycles.